The molecule has 0 spiro atoms. The van der Waals surface area contributed by atoms with E-state index in [1.165, 1.54) is 12.1 Å². The number of benzene rings is 2. The van der Waals surface area contributed by atoms with Crippen molar-refractivity contribution in [1.29, 1.82) is 0 Å². The third-order valence-electron chi connectivity index (χ3n) is 2.97. The van der Waals surface area contributed by atoms with Gasteiger partial charge in [-0.1, -0.05) is 18.2 Å². The predicted octanol–water partition coefficient (Wildman–Crippen LogP) is 2.72. The summed E-state index contributed by atoms with van der Waals surface area (Å²) in [4.78, 5) is 22.0. The standard InChI is InChI=1S/C15H14N2O4/c1-2-16-15(19)12-5-3-4-10(8-12)11-6-7-14(18)13(9-11)17(20)21/h3-9,18H,2H2,1H3,(H,16,19). The molecule has 21 heavy (non-hydrogen) atoms. The summed E-state index contributed by atoms with van der Waals surface area (Å²) < 4.78 is 0. The van der Waals surface area contributed by atoms with Crippen LogP contribution in [0.1, 0.15) is 17.3 Å². The fourth-order valence-corrected chi connectivity index (χ4v) is 1.95. The molecule has 0 saturated carbocycles. The molecule has 6 heteroatoms. The summed E-state index contributed by atoms with van der Waals surface area (Å²) in [6.45, 7) is 2.35. The molecule has 0 aliphatic rings. The molecule has 0 bridgehead atoms. The van der Waals surface area contributed by atoms with Crippen LogP contribution in [0.4, 0.5) is 5.69 Å². The van der Waals surface area contributed by atoms with Gasteiger partial charge in [-0.05, 0) is 36.2 Å². The van der Waals surface area contributed by atoms with Crippen molar-refractivity contribution in [2.45, 2.75) is 6.92 Å². The van der Waals surface area contributed by atoms with Gasteiger partial charge in [0.1, 0.15) is 0 Å². The fraction of sp³-hybridized carbons (Fsp3) is 0.133. The number of nitro groups is 1. The first kappa shape index (κ1) is 14.5. The lowest BCUT2D eigenvalue weighted by atomic mass is 10.0. The second kappa shape index (κ2) is 6.04. The Morgan fingerprint density at radius 1 is 1.24 bits per heavy atom. The summed E-state index contributed by atoms with van der Waals surface area (Å²) in [6.07, 6.45) is 0. The molecule has 0 heterocycles. The first-order valence-electron chi connectivity index (χ1n) is 6.39. The van der Waals surface area contributed by atoms with Gasteiger partial charge in [0.15, 0.2) is 5.75 Å². The Bertz CT molecular complexity index is 698. The van der Waals surface area contributed by atoms with Crippen molar-refractivity contribution in [3.8, 4) is 16.9 Å². The van der Waals surface area contributed by atoms with Gasteiger partial charge in [0.25, 0.3) is 5.91 Å². The molecule has 0 radical (unpaired) electrons. The van der Waals surface area contributed by atoms with Crippen molar-refractivity contribution in [3.05, 3.63) is 58.1 Å². The van der Waals surface area contributed by atoms with Crippen LogP contribution in [0.5, 0.6) is 5.75 Å². The van der Waals surface area contributed by atoms with E-state index in [4.69, 9.17) is 0 Å². The minimum absolute atomic E-state index is 0.201. The van der Waals surface area contributed by atoms with E-state index in [0.29, 0.717) is 23.2 Å². The number of phenolic OH excluding ortho intramolecular Hbond substituents is 1. The zero-order valence-electron chi connectivity index (χ0n) is 11.4. The van der Waals surface area contributed by atoms with E-state index >= 15 is 0 Å². The zero-order valence-corrected chi connectivity index (χ0v) is 11.4. The summed E-state index contributed by atoms with van der Waals surface area (Å²) in [5.41, 5.74) is 1.34. The highest BCUT2D eigenvalue weighted by atomic mass is 16.6. The highest BCUT2D eigenvalue weighted by Gasteiger charge is 2.15. The van der Waals surface area contributed by atoms with Crippen molar-refractivity contribution in [2.24, 2.45) is 0 Å². The highest BCUT2D eigenvalue weighted by molar-refractivity contribution is 5.95. The number of nitrogens with zero attached hydrogens (tertiary/aromatic N) is 1. The second-order valence-corrected chi connectivity index (χ2v) is 4.40. The van der Waals surface area contributed by atoms with E-state index < -0.39 is 4.92 Å². The molecule has 0 aliphatic carbocycles. The topological polar surface area (TPSA) is 92.5 Å². The Labute approximate surface area is 121 Å². The number of hydrogen-bond acceptors (Lipinski definition) is 4. The zero-order chi connectivity index (χ0) is 15.4. The lowest BCUT2D eigenvalue weighted by molar-refractivity contribution is -0.385. The van der Waals surface area contributed by atoms with Crippen molar-refractivity contribution < 1.29 is 14.8 Å². The van der Waals surface area contributed by atoms with Crippen molar-refractivity contribution in [3.63, 3.8) is 0 Å². The largest absolute Gasteiger partial charge is 0.502 e. The quantitative estimate of drug-likeness (QED) is 0.667. The monoisotopic (exact) mass is 286 g/mol. The Kier molecular flexibility index (Phi) is 4.18. The van der Waals surface area contributed by atoms with E-state index in [2.05, 4.69) is 5.32 Å². The van der Waals surface area contributed by atoms with Gasteiger partial charge < -0.3 is 10.4 Å². The summed E-state index contributed by atoms with van der Waals surface area (Å²) in [6, 6.07) is 10.9. The summed E-state index contributed by atoms with van der Waals surface area (Å²) in [5.74, 6) is -0.587. The summed E-state index contributed by atoms with van der Waals surface area (Å²) in [5, 5.41) is 23.0. The number of nitrogens with one attached hydrogen (secondary N) is 1. The third-order valence-corrected chi connectivity index (χ3v) is 2.97. The molecule has 0 aromatic heterocycles. The van der Waals surface area contributed by atoms with Gasteiger partial charge in [-0.25, -0.2) is 0 Å². The van der Waals surface area contributed by atoms with E-state index in [1.54, 1.807) is 30.3 Å². The van der Waals surface area contributed by atoms with Crippen molar-refractivity contribution in [1.82, 2.24) is 5.32 Å². The molecule has 1 amide bonds. The third kappa shape index (κ3) is 3.17. The molecule has 0 fully saturated rings. The average molecular weight is 286 g/mol. The van der Waals surface area contributed by atoms with Gasteiger partial charge in [-0.2, -0.15) is 0 Å². The van der Waals surface area contributed by atoms with Crippen LogP contribution in [0.3, 0.4) is 0 Å². The first-order valence-corrected chi connectivity index (χ1v) is 6.39. The Morgan fingerprint density at radius 3 is 2.62 bits per heavy atom. The maximum atomic E-state index is 11.8. The van der Waals surface area contributed by atoms with Crippen molar-refractivity contribution in [2.75, 3.05) is 6.54 Å². The maximum Gasteiger partial charge on any atom is 0.311 e. The van der Waals surface area contributed by atoms with Crippen LogP contribution in [0, 0.1) is 10.1 Å². The van der Waals surface area contributed by atoms with Gasteiger partial charge in [0.2, 0.25) is 0 Å². The lowest BCUT2D eigenvalue weighted by Gasteiger charge is -2.06. The Balaban J connectivity index is 2.43. The molecule has 108 valence electrons. The predicted molar refractivity (Wildman–Crippen MR) is 78.2 cm³/mol. The lowest BCUT2D eigenvalue weighted by Crippen LogP contribution is -2.22. The van der Waals surface area contributed by atoms with Gasteiger partial charge >= 0.3 is 5.69 Å². The average Bonchev–Trinajstić information content (AvgIpc) is 2.48. The van der Waals surface area contributed by atoms with E-state index in [9.17, 15) is 20.0 Å². The molecular formula is C15H14N2O4. The maximum absolute atomic E-state index is 11.8. The van der Waals surface area contributed by atoms with Crippen LogP contribution >= 0.6 is 0 Å². The molecule has 0 saturated heterocycles. The number of rotatable bonds is 4. The molecule has 2 N–H and O–H groups in total. The van der Waals surface area contributed by atoms with Crippen molar-refractivity contribution >= 4 is 11.6 Å². The van der Waals surface area contributed by atoms with Crippen LogP contribution in [0.25, 0.3) is 11.1 Å². The van der Waals surface area contributed by atoms with E-state index in [1.807, 2.05) is 6.92 Å². The smallest absolute Gasteiger partial charge is 0.311 e. The number of carbonyl (C=O) groups excluding carboxylic acids is 1. The fourth-order valence-electron chi connectivity index (χ4n) is 1.95. The van der Waals surface area contributed by atoms with Crippen LogP contribution in [0.15, 0.2) is 42.5 Å². The number of carbonyl (C=O) groups is 1. The summed E-state index contributed by atoms with van der Waals surface area (Å²) >= 11 is 0. The molecule has 0 unspecified atom stereocenters. The van der Waals surface area contributed by atoms with Crippen LogP contribution in [-0.4, -0.2) is 22.5 Å². The summed E-state index contributed by atoms with van der Waals surface area (Å²) in [7, 11) is 0. The van der Waals surface area contributed by atoms with Crippen LogP contribution in [0.2, 0.25) is 0 Å². The molecule has 0 atom stereocenters. The molecule has 2 aromatic carbocycles. The molecule has 0 aliphatic heterocycles. The van der Waals surface area contributed by atoms with Crippen LogP contribution in [-0.2, 0) is 0 Å². The van der Waals surface area contributed by atoms with E-state index in [0.717, 1.165) is 0 Å². The number of phenols is 1. The number of aromatic hydroxyl groups is 1. The van der Waals surface area contributed by atoms with E-state index in [-0.39, 0.29) is 17.3 Å². The number of hydrogen-bond donors (Lipinski definition) is 2. The normalized spacial score (nSPS) is 10.1. The minimum Gasteiger partial charge on any atom is -0.502 e. The van der Waals surface area contributed by atoms with Crippen LogP contribution < -0.4 is 5.32 Å². The molecule has 2 rings (SSSR count). The van der Waals surface area contributed by atoms with Gasteiger partial charge in [0, 0.05) is 18.2 Å². The van der Waals surface area contributed by atoms with Gasteiger partial charge in [-0.15, -0.1) is 0 Å². The second-order valence-electron chi connectivity index (χ2n) is 4.40. The minimum atomic E-state index is -0.646. The van der Waals surface area contributed by atoms with Gasteiger partial charge in [0.05, 0.1) is 4.92 Å². The number of amides is 1. The molecular weight excluding hydrogens is 272 g/mol. The SMILES string of the molecule is CCNC(=O)c1cccc(-c2ccc(O)c([N+](=O)[O-])c2)c1. The highest BCUT2D eigenvalue weighted by Crippen LogP contribution is 2.31. The molecule has 6 nitrogen and oxygen atoms in total. The van der Waals surface area contributed by atoms with Gasteiger partial charge in [-0.3, -0.25) is 14.9 Å². The Hall–Kier alpha value is -2.89. The number of nitro benzene ring substituents is 1. The first-order chi connectivity index (χ1) is 10.0. The molecule has 2 aromatic rings. The Morgan fingerprint density at radius 2 is 1.95 bits per heavy atom.